The molecule has 0 amide bonds. The number of nitro benzene ring substituents is 1. The Hall–Kier alpha value is -2.11. The van der Waals surface area contributed by atoms with Gasteiger partial charge in [0.25, 0.3) is 5.69 Å². The summed E-state index contributed by atoms with van der Waals surface area (Å²) in [5, 5.41) is 21.0. The van der Waals surface area contributed by atoms with Crippen LogP contribution < -0.4 is 4.90 Å². The third-order valence-corrected chi connectivity index (χ3v) is 3.29. The second-order valence-electron chi connectivity index (χ2n) is 4.52. The molecule has 0 aliphatic heterocycles. The largest absolute Gasteiger partial charge is 0.395 e. The smallest absolute Gasteiger partial charge is 0.292 e. The van der Waals surface area contributed by atoms with Crippen LogP contribution in [-0.2, 0) is 6.54 Å². The molecule has 0 fully saturated rings. The molecule has 0 spiro atoms. The number of hydrogen-bond donors (Lipinski definition) is 1. The molecular formula is C15H15ClN2O3. The first kappa shape index (κ1) is 15.3. The summed E-state index contributed by atoms with van der Waals surface area (Å²) in [6.07, 6.45) is 0. The third kappa shape index (κ3) is 3.93. The van der Waals surface area contributed by atoms with Gasteiger partial charge in [-0.15, -0.1) is 0 Å². The molecule has 110 valence electrons. The van der Waals surface area contributed by atoms with Gasteiger partial charge in [-0.05, 0) is 23.8 Å². The van der Waals surface area contributed by atoms with Crippen molar-refractivity contribution in [3.63, 3.8) is 0 Å². The predicted octanol–water partition coefficient (Wildman–Crippen LogP) is 3.25. The Morgan fingerprint density at radius 1 is 1.19 bits per heavy atom. The minimum Gasteiger partial charge on any atom is -0.395 e. The molecule has 0 aliphatic rings. The van der Waals surface area contributed by atoms with Crippen LogP contribution in [0.25, 0.3) is 0 Å². The number of aliphatic hydroxyl groups excluding tert-OH is 1. The molecule has 0 saturated heterocycles. The lowest BCUT2D eigenvalue weighted by molar-refractivity contribution is -0.384. The van der Waals surface area contributed by atoms with E-state index in [1.165, 1.54) is 6.07 Å². The van der Waals surface area contributed by atoms with E-state index in [-0.39, 0.29) is 12.3 Å². The second-order valence-corrected chi connectivity index (χ2v) is 4.96. The molecule has 2 aromatic carbocycles. The highest BCUT2D eigenvalue weighted by atomic mass is 35.5. The van der Waals surface area contributed by atoms with E-state index in [1.807, 2.05) is 12.1 Å². The van der Waals surface area contributed by atoms with Crippen molar-refractivity contribution in [1.82, 2.24) is 0 Å². The van der Waals surface area contributed by atoms with Gasteiger partial charge in [0, 0.05) is 24.2 Å². The van der Waals surface area contributed by atoms with E-state index >= 15 is 0 Å². The SMILES string of the molecule is O=[N+]([O-])c1ccccc1N(CCO)Cc1cccc(Cl)c1. The number of anilines is 1. The van der Waals surface area contributed by atoms with Crippen LogP contribution in [0.4, 0.5) is 11.4 Å². The van der Waals surface area contributed by atoms with Crippen LogP contribution in [0, 0.1) is 10.1 Å². The van der Waals surface area contributed by atoms with Crippen LogP contribution in [0.3, 0.4) is 0 Å². The van der Waals surface area contributed by atoms with Crippen LogP contribution in [0.1, 0.15) is 5.56 Å². The molecule has 0 unspecified atom stereocenters. The lowest BCUT2D eigenvalue weighted by Crippen LogP contribution is -2.26. The average molecular weight is 307 g/mol. The van der Waals surface area contributed by atoms with E-state index in [2.05, 4.69) is 0 Å². The second kappa shape index (κ2) is 7.06. The predicted molar refractivity (Wildman–Crippen MR) is 82.7 cm³/mol. The van der Waals surface area contributed by atoms with Gasteiger partial charge in [-0.2, -0.15) is 0 Å². The summed E-state index contributed by atoms with van der Waals surface area (Å²) in [6, 6.07) is 13.8. The zero-order valence-corrected chi connectivity index (χ0v) is 12.0. The Kier molecular flexibility index (Phi) is 5.14. The fourth-order valence-corrected chi connectivity index (χ4v) is 2.36. The molecule has 0 bridgehead atoms. The Morgan fingerprint density at radius 2 is 1.95 bits per heavy atom. The summed E-state index contributed by atoms with van der Waals surface area (Å²) in [6.45, 7) is 0.649. The number of para-hydroxylation sites is 2. The number of benzene rings is 2. The fraction of sp³-hybridized carbons (Fsp3) is 0.200. The van der Waals surface area contributed by atoms with Crippen LogP contribution in [0.5, 0.6) is 0 Å². The van der Waals surface area contributed by atoms with Gasteiger partial charge in [-0.25, -0.2) is 0 Å². The van der Waals surface area contributed by atoms with Gasteiger partial charge >= 0.3 is 0 Å². The van der Waals surface area contributed by atoms with E-state index < -0.39 is 4.92 Å². The molecular weight excluding hydrogens is 292 g/mol. The molecule has 0 aliphatic carbocycles. The first-order chi connectivity index (χ1) is 10.1. The summed E-state index contributed by atoms with van der Waals surface area (Å²) in [5.74, 6) is 0. The van der Waals surface area contributed by atoms with Crippen molar-refractivity contribution >= 4 is 23.0 Å². The first-order valence-electron chi connectivity index (χ1n) is 6.45. The number of aliphatic hydroxyl groups is 1. The minimum absolute atomic E-state index is 0.0213. The Bertz CT molecular complexity index is 634. The van der Waals surface area contributed by atoms with E-state index in [1.54, 1.807) is 35.2 Å². The molecule has 0 radical (unpaired) electrons. The van der Waals surface area contributed by atoms with Crippen molar-refractivity contribution in [3.05, 3.63) is 69.2 Å². The molecule has 5 nitrogen and oxygen atoms in total. The first-order valence-corrected chi connectivity index (χ1v) is 6.83. The van der Waals surface area contributed by atoms with E-state index in [0.29, 0.717) is 23.8 Å². The molecule has 1 N–H and O–H groups in total. The summed E-state index contributed by atoms with van der Waals surface area (Å²) in [4.78, 5) is 12.5. The lowest BCUT2D eigenvalue weighted by atomic mass is 10.2. The summed E-state index contributed by atoms with van der Waals surface area (Å²) < 4.78 is 0. The van der Waals surface area contributed by atoms with Crippen LogP contribution in [0.15, 0.2) is 48.5 Å². The van der Waals surface area contributed by atoms with Gasteiger partial charge < -0.3 is 10.0 Å². The van der Waals surface area contributed by atoms with Gasteiger partial charge in [0.05, 0.1) is 11.5 Å². The molecule has 0 saturated carbocycles. The highest BCUT2D eigenvalue weighted by Gasteiger charge is 2.18. The highest BCUT2D eigenvalue weighted by molar-refractivity contribution is 6.30. The summed E-state index contributed by atoms with van der Waals surface area (Å²) in [5.41, 5.74) is 1.43. The molecule has 2 aromatic rings. The van der Waals surface area contributed by atoms with Gasteiger partial charge in [0.2, 0.25) is 0 Å². The van der Waals surface area contributed by atoms with Crippen molar-refractivity contribution in [2.75, 3.05) is 18.1 Å². The number of halogens is 1. The third-order valence-electron chi connectivity index (χ3n) is 3.05. The average Bonchev–Trinajstić information content (AvgIpc) is 2.47. The van der Waals surface area contributed by atoms with Crippen molar-refractivity contribution in [3.8, 4) is 0 Å². The molecule has 0 heterocycles. The molecule has 0 atom stereocenters. The number of nitrogens with zero attached hydrogens (tertiary/aromatic N) is 2. The quantitative estimate of drug-likeness (QED) is 0.657. The van der Waals surface area contributed by atoms with Gasteiger partial charge in [-0.3, -0.25) is 10.1 Å². The van der Waals surface area contributed by atoms with Crippen molar-refractivity contribution in [2.24, 2.45) is 0 Å². The van der Waals surface area contributed by atoms with Gasteiger partial charge in [0.1, 0.15) is 5.69 Å². The van der Waals surface area contributed by atoms with Gasteiger partial charge in [0.15, 0.2) is 0 Å². The minimum atomic E-state index is -0.419. The van der Waals surface area contributed by atoms with Crippen molar-refractivity contribution in [1.29, 1.82) is 0 Å². The van der Waals surface area contributed by atoms with Crippen LogP contribution in [0.2, 0.25) is 5.02 Å². The maximum absolute atomic E-state index is 11.1. The van der Waals surface area contributed by atoms with Crippen LogP contribution >= 0.6 is 11.6 Å². The van der Waals surface area contributed by atoms with Gasteiger partial charge in [-0.1, -0.05) is 35.9 Å². The highest BCUT2D eigenvalue weighted by Crippen LogP contribution is 2.28. The van der Waals surface area contributed by atoms with E-state index in [4.69, 9.17) is 11.6 Å². The number of rotatable bonds is 6. The Labute approximate surface area is 127 Å². The standard InChI is InChI=1S/C15H15ClN2O3/c16-13-5-3-4-12(10-13)11-17(8-9-19)14-6-1-2-7-15(14)18(20)21/h1-7,10,19H,8-9,11H2. The maximum Gasteiger partial charge on any atom is 0.292 e. The Balaban J connectivity index is 2.33. The van der Waals surface area contributed by atoms with Crippen LogP contribution in [-0.4, -0.2) is 23.2 Å². The normalized spacial score (nSPS) is 10.4. The van der Waals surface area contributed by atoms with Crippen molar-refractivity contribution in [2.45, 2.75) is 6.54 Å². The molecule has 2 rings (SSSR count). The summed E-state index contributed by atoms with van der Waals surface area (Å²) >= 11 is 5.96. The van der Waals surface area contributed by atoms with E-state index in [9.17, 15) is 15.2 Å². The number of nitro groups is 1. The fourth-order valence-electron chi connectivity index (χ4n) is 2.15. The summed E-state index contributed by atoms with van der Waals surface area (Å²) in [7, 11) is 0. The topological polar surface area (TPSA) is 66.6 Å². The maximum atomic E-state index is 11.1. The zero-order chi connectivity index (χ0) is 15.2. The number of hydrogen-bond acceptors (Lipinski definition) is 4. The molecule has 0 aromatic heterocycles. The van der Waals surface area contributed by atoms with Crippen molar-refractivity contribution < 1.29 is 10.0 Å². The van der Waals surface area contributed by atoms with E-state index in [0.717, 1.165) is 5.56 Å². The molecule has 6 heteroatoms. The Morgan fingerprint density at radius 3 is 2.62 bits per heavy atom. The lowest BCUT2D eigenvalue weighted by Gasteiger charge is -2.23. The monoisotopic (exact) mass is 306 g/mol. The zero-order valence-electron chi connectivity index (χ0n) is 11.3. The molecule has 21 heavy (non-hydrogen) atoms.